The number of hydrogen-bond donors (Lipinski definition) is 1. The Kier molecular flexibility index (Phi) is 3.53. The van der Waals surface area contributed by atoms with Crippen LogP contribution in [0, 0.1) is 6.92 Å². The summed E-state index contributed by atoms with van der Waals surface area (Å²) in [5.74, 6) is -0.0911. The summed E-state index contributed by atoms with van der Waals surface area (Å²) in [5.41, 5.74) is 1.31. The highest BCUT2D eigenvalue weighted by Gasteiger charge is 2.13. The van der Waals surface area contributed by atoms with Crippen LogP contribution in [0.3, 0.4) is 0 Å². The van der Waals surface area contributed by atoms with Gasteiger partial charge in [0.25, 0.3) is 0 Å². The van der Waals surface area contributed by atoms with E-state index in [0.717, 1.165) is 5.56 Å². The van der Waals surface area contributed by atoms with Crippen LogP contribution in [0.5, 0.6) is 5.75 Å². The van der Waals surface area contributed by atoms with E-state index in [1.165, 1.54) is 6.07 Å². The molecule has 1 aromatic rings. The number of hydrogen-bond acceptors (Lipinski definition) is 2. The number of phenols is 1. The van der Waals surface area contributed by atoms with Gasteiger partial charge in [-0.25, -0.2) is 0 Å². The summed E-state index contributed by atoms with van der Waals surface area (Å²) in [6.07, 6.45) is 0.249. The highest BCUT2D eigenvalue weighted by Crippen LogP contribution is 2.21. The predicted octanol–water partition coefficient (Wildman–Crippen LogP) is 2.90. The SMILES string of the molecule is Cc1ccc(O)c(C(=O)CC(C)Cl)c1. The first-order valence-corrected chi connectivity index (χ1v) is 4.91. The lowest BCUT2D eigenvalue weighted by Crippen LogP contribution is -2.05. The smallest absolute Gasteiger partial charge is 0.168 e. The Hall–Kier alpha value is -1.02. The molecule has 14 heavy (non-hydrogen) atoms. The molecule has 1 atom stereocenters. The lowest BCUT2D eigenvalue weighted by atomic mass is 10.0. The topological polar surface area (TPSA) is 37.3 Å². The van der Waals surface area contributed by atoms with Crippen LogP contribution in [0.1, 0.15) is 29.3 Å². The predicted molar refractivity (Wildman–Crippen MR) is 57.1 cm³/mol. The van der Waals surface area contributed by atoms with Gasteiger partial charge < -0.3 is 5.11 Å². The van der Waals surface area contributed by atoms with E-state index in [4.69, 9.17) is 11.6 Å². The van der Waals surface area contributed by atoms with Crippen molar-refractivity contribution in [3.8, 4) is 5.75 Å². The van der Waals surface area contributed by atoms with Crippen molar-refractivity contribution in [2.24, 2.45) is 0 Å². The fourth-order valence-corrected chi connectivity index (χ4v) is 1.38. The Bertz CT molecular complexity index is 345. The first-order valence-electron chi connectivity index (χ1n) is 4.47. The van der Waals surface area contributed by atoms with E-state index in [-0.39, 0.29) is 23.3 Å². The summed E-state index contributed by atoms with van der Waals surface area (Å²) >= 11 is 5.71. The fraction of sp³-hybridized carbons (Fsp3) is 0.364. The number of halogens is 1. The molecule has 0 saturated heterocycles. The van der Waals surface area contributed by atoms with Crippen molar-refractivity contribution < 1.29 is 9.90 Å². The van der Waals surface area contributed by atoms with Crippen molar-refractivity contribution in [1.29, 1.82) is 0 Å². The van der Waals surface area contributed by atoms with E-state index >= 15 is 0 Å². The zero-order chi connectivity index (χ0) is 10.7. The molecule has 0 aliphatic carbocycles. The van der Waals surface area contributed by atoms with Crippen molar-refractivity contribution in [3.05, 3.63) is 29.3 Å². The lowest BCUT2D eigenvalue weighted by molar-refractivity contribution is 0.0980. The van der Waals surface area contributed by atoms with Gasteiger partial charge in [-0.2, -0.15) is 0 Å². The molecular formula is C11H13ClO2. The number of rotatable bonds is 3. The highest BCUT2D eigenvalue weighted by molar-refractivity contribution is 6.22. The minimum atomic E-state index is -0.206. The Morgan fingerprint density at radius 2 is 2.21 bits per heavy atom. The second kappa shape index (κ2) is 4.47. The Labute approximate surface area is 88.5 Å². The second-order valence-corrected chi connectivity index (χ2v) is 4.17. The fourth-order valence-electron chi connectivity index (χ4n) is 1.24. The molecule has 0 saturated carbocycles. The number of aromatic hydroxyl groups is 1. The quantitative estimate of drug-likeness (QED) is 0.618. The van der Waals surface area contributed by atoms with Crippen LogP contribution in [0.15, 0.2) is 18.2 Å². The normalized spacial score (nSPS) is 12.5. The van der Waals surface area contributed by atoms with Crippen LogP contribution in [0.25, 0.3) is 0 Å². The number of carbonyl (C=O) groups excluding carboxylic acids is 1. The van der Waals surface area contributed by atoms with E-state index < -0.39 is 0 Å². The molecule has 3 heteroatoms. The van der Waals surface area contributed by atoms with Gasteiger partial charge in [-0.15, -0.1) is 11.6 Å². The molecular weight excluding hydrogens is 200 g/mol. The van der Waals surface area contributed by atoms with Crippen molar-refractivity contribution >= 4 is 17.4 Å². The van der Waals surface area contributed by atoms with E-state index in [9.17, 15) is 9.90 Å². The van der Waals surface area contributed by atoms with E-state index in [1.54, 1.807) is 19.1 Å². The van der Waals surface area contributed by atoms with Gasteiger partial charge in [0.15, 0.2) is 5.78 Å². The highest BCUT2D eigenvalue weighted by atomic mass is 35.5. The van der Waals surface area contributed by atoms with Crippen molar-refractivity contribution in [1.82, 2.24) is 0 Å². The van der Waals surface area contributed by atoms with Crippen molar-refractivity contribution in [2.45, 2.75) is 25.6 Å². The van der Waals surface area contributed by atoms with E-state index in [1.807, 2.05) is 6.92 Å². The Morgan fingerprint density at radius 1 is 1.57 bits per heavy atom. The summed E-state index contributed by atoms with van der Waals surface area (Å²) in [7, 11) is 0. The van der Waals surface area contributed by atoms with Gasteiger partial charge in [-0.3, -0.25) is 4.79 Å². The molecule has 76 valence electrons. The molecule has 0 aliphatic rings. The van der Waals surface area contributed by atoms with Crippen LogP contribution in [0.2, 0.25) is 0 Å². The summed E-state index contributed by atoms with van der Waals surface area (Å²) < 4.78 is 0. The van der Waals surface area contributed by atoms with Gasteiger partial charge in [0, 0.05) is 11.8 Å². The van der Waals surface area contributed by atoms with Crippen molar-refractivity contribution in [3.63, 3.8) is 0 Å². The van der Waals surface area contributed by atoms with E-state index in [0.29, 0.717) is 5.56 Å². The monoisotopic (exact) mass is 212 g/mol. The minimum Gasteiger partial charge on any atom is -0.507 e. The average molecular weight is 213 g/mol. The van der Waals surface area contributed by atoms with Crippen LogP contribution >= 0.6 is 11.6 Å². The maximum atomic E-state index is 11.6. The lowest BCUT2D eigenvalue weighted by Gasteiger charge is -2.05. The first-order chi connectivity index (χ1) is 6.50. The number of alkyl halides is 1. The molecule has 0 spiro atoms. The van der Waals surface area contributed by atoms with Gasteiger partial charge in [0.1, 0.15) is 5.75 Å². The van der Waals surface area contributed by atoms with Crippen LogP contribution in [-0.4, -0.2) is 16.3 Å². The molecule has 0 aromatic heterocycles. The Balaban J connectivity index is 2.94. The summed E-state index contributed by atoms with van der Waals surface area (Å²) in [5, 5.41) is 9.25. The standard InChI is InChI=1S/C11H13ClO2/c1-7-3-4-10(13)9(5-7)11(14)6-8(2)12/h3-5,8,13H,6H2,1-2H3. The zero-order valence-electron chi connectivity index (χ0n) is 8.25. The molecule has 0 aliphatic heterocycles. The molecule has 1 rings (SSSR count). The zero-order valence-corrected chi connectivity index (χ0v) is 9.01. The van der Waals surface area contributed by atoms with Crippen LogP contribution < -0.4 is 0 Å². The molecule has 0 bridgehead atoms. The molecule has 0 radical (unpaired) electrons. The molecule has 1 aromatic carbocycles. The number of phenolic OH excluding ortho intramolecular Hbond substituents is 1. The molecule has 1 N–H and O–H groups in total. The summed E-state index contributed by atoms with van der Waals surface area (Å²) in [6.45, 7) is 3.63. The maximum absolute atomic E-state index is 11.6. The molecule has 1 unspecified atom stereocenters. The maximum Gasteiger partial charge on any atom is 0.168 e. The van der Waals surface area contributed by atoms with Gasteiger partial charge >= 0.3 is 0 Å². The van der Waals surface area contributed by atoms with Crippen LogP contribution in [-0.2, 0) is 0 Å². The number of benzene rings is 1. The Morgan fingerprint density at radius 3 is 2.79 bits per heavy atom. The minimum absolute atomic E-state index is 0.0258. The molecule has 2 nitrogen and oxygen atoms in total. The average Bonchev–Trinajstić information content (AvgIpc) is 2.08. The third-order valence-corrected chi connectivity index (χ3v) is 2.07. The third-order valence-electron chi connectivity index (χ3n) is 1.92. The van der Waals surface area contributed by atoms with Gasteiger partial charge in [-0.05, 0) is 26.0 Å². The number of Topliss-reactive ketones (excluding diaryl/α,β-unsaturated/α-hetero) is 1. The first kappa shape index (κ1) is 11.1. The van der Waals surface area contributed by atoms with Gasteiger partial charge in [0.05, 0.1) is 5.56 Å². The largest absolute Gasteiger partial charge is 0.507 e. The third kappa shape index (κ3) is 2.74. The van der Waals surface area contributed by atoms with Gasteiger partial charge in [0.2, 0.25) is 0 Å². The molecule has 0 amide bonds. The molecule has 0 fully saturated rings. The molecule has 0 heterocycles. The summed E-state index contributed by atoms with van der Waals surface area (Å²) in [6, 6.07) is 4.97. The summed E-state index contributed by atoms with van der Waals surface area (Å²) in [4.78, 5) is 11.6. The number of aryl methyl sites for hydroxylation is 1. The van der Waals surface area contributed by atoms with Crippen LogP contribution in [0.4, 0.5) is 0 Å². The second-order valence-electron chi connectivity index (χ2n) is 3.43. The number of carbonyl (C=O) groups is 1. The van der Waals surface area contributed by atoms with Gasteiger partial charge in [-0.1, -0.05) is 11.6 Å². The van der Waals surface area contributed by atoms with Crippen molar-refractivity contribution in [2.75, 3.05) is 0 Å². The van der Waals surface area contributed by atoms with E-state index in [2.05, 4.69) is 0 Å². The number of ketones is 1.